The molecule has 0 unspecified atom stereocenters. The van der Waals surface area contributed by atoms with Crippen molar-refractivity contribution >= 4 is 5.78 Å². The SMILES string of the molecule is C[C@@H]1CN(Cc2ccccc2)C[C@H]1C(=O)c1ccccc1. The zero-order valence-corrected chi connectivity index (χ0v) is 12.4. The van der Waals surface area contributed by atoms with Crippen LogP contribution in [-0.4, -0.2) is 23.8 Å². The van der Waals surface area contributed by atoms with Crippen molar-refractivity contribution in [2.45, 2.75) is 13.5 Å². The van der Waals surface area contributed by atoms with Gasteiger partial charge in [-0.2, -0.15) is 0 Å². The molecule has 1 aliphatic rings. The molecule has 0 saturated carbocycles. The van der Waals surface area contributed by atoms with Crippen LogP contribution in [0.5, 0.6) is 0 Å². The fourth-order valence-corrected chi connectivity index (χ4v) is 3.20. The largest absolute Gasteiger partial charge is 0.298 e. The smallest absolute Gasteiger partial charge is 0.167 e. The van der Waals surface area contributed by atoms with Crippen LogP contribution in [0, 0.1) is 11.8 Å². The summed E-state index contributed by atoms with van der Waals surface area (Å²) in [7, 11) is 0. The van der Waals surface area contributed by atoms with Gasteiger partial charge in [0.15, 0.2) is 5.78 Å². The van der Waals surface area contributed by atoms with Gasteiger partial charge in [-0.3, -0.25) is 9.69 Å². The summed E-state index contributed by atoms with van der Waals surface area (Å²) in [5.41, 5.74) is 2.16. The first kappa shape index (κ1) is 14.0. The van der Waals surface area contributed by atoms with Gasteiger partial charge in [0.1, 0.15) is 0 Å². The number of rotatable bonds is 4. The Morgan fingerprint density at radius 2 is 1.62 bits per heavy atom. The third-order valence-corrected chi connectivity index (χ3v) is 4.33. The minimum atomic E-state index is 0.121. The lowest BCUT2D eigenvalue weighted by Gasteiger charge is -2.15. The number of ketones is 1. The summed E-state index contributed by atoms with van der Waals surface area (Å²) in [5.74, 6) is 0.830. The van der Waals surface area contributed by atoms with E-state index in [-0.39, 0.29) is 5.92 Å². The standard InChI is InChI=1S/C19H21NO/c1-15-12-20(13-16-8-4-2-5-9-16)14-18(15)19(21)17-10-6-3-7-11-17/h2-11,15,18H,12-14H2,1H3/t15-,18-/m1/s1. The van der Waals surface area contributed by atoms with E-state index in [4.69, 9.17) is 0 Å². The molecule has 1 heterocycles. The lowest BCUT2D eigenvalue weighted by molar-refractivity contribution is 0.0902. The Bertz CT molecular complexity index is 593. The van der Waals surface area contributed by atoms with Crippen LogP contribution in [0.4, 0.5) is 0 Å². The molecule has 2 nitrogen and oxygen atoms in total. The van der Waals surface area contributed by atoms with Gasteiger partial charge in [-0.1, -0.05) is 67.6 Å². The maximum atomic E-state index is 12.6. The predicted molar refractivity (Wildman–Crippen MR) is 85.1 cm³/mol. The average molecular weight is 279 g/mol. The molecule has 1 saturated heterocycles. The molecule has 0 amide bonds. The lowest BCUT2D eigenvalue weighted by Crippen LogP contribution is -2.23. The van der Waals surface area contributed by atoms with E-state index >= 15 is 0 Å². The van der Waals surface area contributed by atoms with Gasteiger partial charge in [0.25, 0.3) is 0 Å². The average Bonchev–Trinajstić information content (AvgIpc) is 2.89. The third kappa shape index (κ3) is 3.22. The summed E-state index contributed by atoms with van der Waals surface area (Å²) >= 11 is 0. The molecule has 2 aromatic rings. The highest BCUT2D eigenvalue weighted by Gasteiger charge is 2.34. The number of nitrogens with zero attached hydrogens (tertiary/aromatic N) is 1. The molecule has 1 aliphatic heterocycles. The Balaban J connectivity index is 1.67. The van der Waals surface area contributed by atoms with Crippen molar-refractivity contribution in [3.05, 3.63) is 71.8 Å². The minimum Gasteiger partial charge on any atom is -0.298 e. The first-order valence-electron chi connectivity index (χ1n) is 7.59. The van der Waals surface area contributed by atoms with E-state index in [0.717, 1.165) is 25.2 Å². The second-order valence-corrected chi connectivity index (χ2v) is 5.99. The van der Waals surface area contributed by atoms with Crippen LogP contribution in [-0.2, 0) is 6.54 Å². The van der Waals surface area contributed by atoms with E-state index < -0.39 is 0 Å². The molecule has 21 heavy (non-hydrogen) atoms. The summed E-state index contributed by atoms with van der Waals surface area (Å²) in [6, 6.07) is 20.2. The maximum absolute atomic E-state index is 12.6. The minimum absolute atomic E-state index is 0.121. The van der Waals surface area contributed by atoms with E-state index in [1.54, 1.807) is 0 Å². The molecule has 2 heteroatoms. The molecule has 0 spiro atoms. The van der Waals surface area contributed by atoms with Crippen molar-refractivity contribution in [2.24, 2.45) is 11.8 Å². The van der Waals surface area contributed by atoms with Gasteiger partial charge in [0, 0.05) is 31.1 Å². The Morgan fingerprint density at radius 3 is 2.29 bits per heavy atom. The molecule has 1 fully saturated rings. The molecule has 0 aromatic heterocycles. The van der Waals surface area contributed by atoms with Gasteiger partial charge in [-0.05, 0) is 11.5 Å². The summed E-state index contributed by atoms with van der Waals surface area (Å²) in [6.07, 6.45) is 0. The van der Waals surface area contributed by atoms with Crippen molar-refractivity contribution in [1.29, 1.82) is 0 Å². The normalized spacial score (nSPS) is 22.3. The van der Waals surface area contributed by atoms with Gasteiger partial charge in [-0.15, -0.1) is 0 Å². The van der Waals surface area contributed by atoms with Crippen LogP contribution in [0.25, 0.3) is 0 Å². The summed E-state index contributed by atoms with van der Waals surface area (Å²) in [5, 5.41) is 0. The molecule has 0 bridgehead atoms. The highest BCUT2D eigenvalue weighted by molar-refractivity contribution is 5.98. The van der Waals surface area contributed by atoms with Crippen LogP contribution < -0.4 is 0 Å². The third-order valence-electron chi connectivity index (χ3n) is 4.33. The molecule has 2 aromatic carbocycles. The van der Waals surface area contributed by atoms with E-state index in [9.17, 15) is 4.79 Å². The molecular weight excluding hydrogens is 258 g/mol. The van der Waals surface area contributed by atoms with E-state index in [2.05, 4.69) is 36.1 Å². The second kappa shape index (κ2) is 6.23. The molecule has 0 aliphatic carbocycles. The van der Waals surface area contributed by atoms with Crippen LogP contribution in [0.15, 0.2) is 60.7 Å². The Morgan fingerprint density at radius 1 is 1.00 bits per heavy atom. The molecule has 2 atom stereocenters. The quantitative estimate of drug-likeness (QED) is 0.796. The van der Waals surface area contributed by atoms with Gasteiger partial charge < -0.3 is 0 Å². The summed E-state index contributed by atoms with van der Waals surface area (Å²) in [4.78, 5) is 15.0. The number of carbonyl (C=O) groups excluding carboxylic acids is 1. The van der Waals surface area contributed by atoms with Gasteiger partial charge in [-0.25, -0.2) is 0 Å². The number of hydrogen-bond acceptors (Lipinski definition) is 2. The summed E-state index contributed by atoms with van der Waals surface area (Å²) < 4.78 is 0. The number of carbonyl (C=O) groups is 1. The highest BCUT2D eigenvalue weighted by atomic mass is 16.1. The van der Waals surface area contributed by atoms with Gasteiger partial charge in [0.2, 0.25) is 0 Å². The highest BCUT2D eigenvalue weighted by Crippen LogP contribution is 2.27. The predicted octanol–water partition coefficient (Wildman–Crippen LogP) is 3.64. The van der Waals surface area contributed by atoms with Crippen molar-refractivity contribution in [3.8, 4) is 0 Å². The second-order valence-electron chi connectivity index (χ2n) is 5.99. The summed E-state index contributed by atoms with van der Waals surface area (Å²) in [6.45, 7) is 4.99. The van der Waals surface area contributed by atoms with E-state index in [1.165, 1.54) is 5.56 Å². The van der Waals surface area contributed by atoms with E-state index in [0.29, 0.717) is 11.7 Å². The first-order chi connectivity index (χ1) is 10.2. The maximum Gasteiger partial charge on any atom is 0.167 e. The zero-order valence-electron chi connectivity index (χ0n) is 12.4. The Labute approximate surface area is 126 Å². The van der Waals surface area contributed by atoms with Crippen molar-refractivity contribution in [2.75, 3.05) is 13.1 Å². The zero-order chi connectivity index (χ0) is 14.7. The molecule has 0 radical (unpaired) electrons. The van der Waals surface area contributed by atoms with Crippen molar-refractivity contribution < 1.29 is 4.79 Å². The lowest BCUT2D eigenvalue weighted by atomic mass is 9.90. The molecule has 3 rings (SSSR count). The number of Topliss-reactive ketones (excluding diaryl/α,β-unsaturated/α-hetero) is 1. The van der Waals surface area contributed by atoms with Crippen LogP contribution in [0.3, 0.4) is 0 Å². The monoisotopic (exact) mass is 279 g/mol. The topological polar surface area (TPSA) is 20.3 Å². The Kier molecular flexibility index (Phi) is 4.16. The first-order valence-corrected chi connectivity index (χ1v) is 7.59. The number of benzene rings is 2. The number of hydrogen-bond donors (Lipinski definition) is 0. The van der Waals surface area contributed by atoms with Gasteiger partial charge in [0.05, 0.1) is 0 Å². The molecular formula is C19H21NO. The molecule has 108 valence electrons. The fraction of sp³-hybridized carbons (Fsp3) is 0.316. The van der Waals surface area contributed by atoms with Crippen LogP contribution in [0.1, 0.15) is 22.8 Å². The Hall–Kier alpha value is -1.93. The van der Waals surface area contributed by atoms with Crippen LogP contribution in [0.2, 0.25) is 0 Å². The number of likely N-dealkylation sites (tertiary alicyclic amines) is 1. The van der Waals surface area contributed by atoms with Crippen molar-refractivity contribution in [1.82, 2.24) is 4.90 Å². The molecule has 0 N–H and O–H groups in total. The fourth-order valence-electron chi connectivity index (χ4n) is 3.20. The van der Waals surface area contributed by atoms with Gasteiger partial charge >= 0.3 is 0 Å². The van der Waals surface area contributed by atoms with Crippen molar-refractivity contribution in [3.63, 3.8) is 0 Å². The van der Waals surface area contributed by atoms with Crippen LogP contribution >= 0.6 is 0 Å². The van der Waals surface area contributed by atoms with E-state index in [1.807, 2.05) is 36.4 Å².